The SMILES string of the molecule is Cc1ccc2c(CNCc3ccccc3F)cc(=O)oc2c1.O=C(O)C(=O)O. The van der Waals surface area contributed by atoms with Crippen molar-refractivity contribution in [2.45, 2.75) is 20.0 Å². The number of aryl methyl sites for hydroxylation is 1. The zero-order valence-corrected chi connectivity index (χ0v) is 14.9. The van der Waals surface area contributed by atoms with Crippen LogP contribution in [-0.4, -0.2) is 22.2 Å². The van der Waals surface area contributed by atoms with Crippen LogP contribution in [0.25, 0.3) is 11.0 Å². The highest BCUT2D eigenvalue weighted by Crippen LogP contribution is 2.18. The largest absolute Gasteiger partial charge is 0.473 e. The van der Waals surface area contributed by atoms with E-state index in [0.717, 1.165) is 16.5 Å². The summed E-state index contributed by atoms with van der Waals surface area (Å²) in [7, 11) is 0. The molecule has 28 heavy (non-hydrogen) atoms. The normalized spacial score (nSPS) is 10.2. The van der Waals surface area contributed by atoms with Gasteiger partial charge in [0.2, 0.25) is 0 Å². The minimum absolute atomic E-state index is 0.233. The fraction of sp³-hybridized carbons (Fsp3) is 0.150. The van der Waals surface area contributed by atoms with E-state index in [1.807, 2.05) is 25.1 Å². The van der Waals surface area contributed by atoms with Crippen molar-refractivity contribution >= 4 is 22.9 Å². The van der Waals surface area contributed by atoms with E-state index in [2.05, 4.69) is 5.32 Å². The number of fused-ring (bicyclic) bond motifs is 1. The zero-order chi connectivity index (χ0) is 20.7. The van der Waals surface area contributed by atoms with E-state index in [9.17, 15) is 9.18 Å². The van der Waals surface area contributed by atoms with Crippen molar-refractivity contribution in [3.05, 3.63) is 81.5 Å². The minimum atomic E-state index is -1.82. The van der Waals surface area contributed by atoms with Gasteiger partial charge in [-0.25, -0.2) is 18.8 Å². The van der Waals surface area contributed by atoms with Gasteiger partial charge in [-0.05, 0) is 30.2 Å². The molecule has 0 radical (unpaired) electrons. The molecule has 3 aromatic rings. The second kappa shape index (κ2) is 9.43. The molecule has 0 aliphatic carbocycles. The Hall–Kier alpha value is -3.52. The third kappa shape index (κ3) is 5.75. The van der Waals surface area contributed by atoms with Crippen molar-refractivity contribution < 1.29 is 28.6 Å². The van der Waals surface area contributed by atoms with Crippen LogP contribution in [-0.2, 0) is 22.7 Å². The monoisotopic (exact) mass is 387 g/mol. The molecule has 1 aromatic heterocycles. The number of carboxylic acids is 2. The van der Waals surface area contributed by atoms with Gasteiger partial charge < -0.3 is 19.9 Å². The van der Waals surface area contributed by atoms with Crippen LogP contribution in [0.2, 0.25) is 0 Å². The molecule has 0 aliphatic rings. The lowest BCUT2D eigenvalue weighted by Crippen LogP contribution is -2.15. The van der Waals surface area contributed by atoms with Crippen LogP contribution < -0.4 is 10.9 Å². The topological polar surface area (TPSA) is 117 Å². The molecule has 0 atom stereocenters. The van der Waals surface area contributed by atoms with Crippen LogP contribution in [0.3, 0.4) is 0 Å². The number of nitrogens with one attached hydrogen (secondary N) is 1. The molecule has 0 spiro atoms. The maximum absolute atomic E-state index is 13.6. The first-order valence-electron chi connectivity index (χ1n) is 8.21. The highest BCUT2D eigenvalue weighted by atomic mass is 19.1. The molecule has 7 nitrogen and oxygen atoms in total. The fourth-order valence-electron chi connectivity index (χ4n) is 2.46. The predicted octanol–water partition coefficient (Wildman–Crippen LogP) is 2.69. The molecule has 2 aromatic carbocycles. The molecular formula is C20H18FNO6. The number of carbonyl (C=O) groups is 2. The molecule has 0 saturated carbocycles. The van der Waals surface area contributed by atoms with Crippen molar-refractivity contribution in [2.75, 3.05) is 0 Å². The molecule has 0 amide bonds. The Morgan fingerprint density at radius 1 is 1.00 bits per heavy atom. The number of aliphatic carboxylic acids is 2. The van der Waals surface area contributed by atoms with Crippen LogP contribution in [0.5, 0.6) is 0 Å². The van der Waals surface area contributed by atoms with E-state index >= 15 is 0 Å². The standard InChI is InChI=1S/C18H16FNO2.C2H2O4/c1-12-6-7-15-14(9-18(21)22-17(15)8-12)11-20-10-13-4-2-3-5-16(13)19;3-1(4)2(5)6/h2-9,20H,10-11H2,1H3;(H,3,4)(H,5,6). The molecule has 3 N–H and O–H groups in total. The van der Waals surface area contributed by atoms with Gasteiger partial charge in [0.05, 0.1) is 0 Å². The van der Waals surface area contributed by atoms with E-state index in [4.69, 9.17) is 24.2 Å². The first kappa shape index (κ1) is 20.8. The summed E-state index contributed by atoms with van der Waals surface area (Å²) < 4.78 is 18.8. The molecule has 0 unspecified atom stereocenters. The Morgan fingerprint density at radius 3 is 2.29 bits per heavy atom. The van der Waals surface area contributed by atoms with Gasteiger partial charge in [-0.2, -0.15) is 0 Å². The first-order chi connectivity index (χ1) is 13.3. The highest BCUT2D eigenvalue weighted by molar-refractivity contribution is 6.27. The van der Waals surface area contributed by atoms with E-state index in [0.29, 0.717) is 24.2 Å². The van der Waals surface area contributed by atoms with E-state index in [1.54, 1.807) is 18.2 Å². The Bertz CT molecular complexity index is 1050. The molecular weight excluding hydrogens is 369 g/mol. The van der Waals surface area contributed by atoms with Gasteiger partial charge in [0.1, 0.15) is 11.4 Å². The van der Waals surface area contributed by atoms with E-state index < -0.39 is 11.9 Å². The van der Waals surface area contributed by atoms with Crippen LogP contribution in [0, 0.1) is 12.7 Å². The lowest BCUT2D eigenvalue weighted by molar-refractivity contribution is -0.159. The number of carboxylic acid groups (broad SMARTS) is 2. The lowest BCUT2D eigenvalue weighted by Gasteiger charge is -2.08. The maximum atomic E-state index is 13.6. The highest BCUT2D eigenvalue weighted by Gasteiger charge is 2.07. The summed E-state index contributed by atoms with van der Waals surface area (Å²) >= 11 is 0. The summed E-state index contributed by atoms with van der Waals surface area (Å²) in [4.78, 5) is 29.8. The zero-order valence-electron chi connectivity index (χ0n) is 14.9. The third-order valence-corrected chi connectivity index (χ3v) is 3.76. The van der Waals surface area contributed by atoms with Gasteiger partial charge in [-0.15, -0.1) is 0 Å². The maximum Gasteiger partial charge on any atom is 0.414 e. The predicted molar refractivity (Wildman–Crippen MR) is 99.4 cm³/mol. The molecule has 8 heteroatoms. The number of halogens is 1. The van der Waals surface area contributed by atoms with Crippen molar-refractivity contribution in [3.63, 3.8) is 0 Å². The average Bonchev–Trinajstić information content (AvgIpc) is 2.63. The van der Waals surface area contributed by atoms with Gasteiger partial charge in [-0.3, -0.25) is 0 Å². The molecule has 0 aliphatic heterocycles. The molecule has 0 fully saturated rings. The Labute approximate surface area is 159 Å². The summed E-state index contributed by atoms with van der Waals surface area (Å²) in [5.74, 6) is -3.88. The summed E-state index contributed by atoms with van der Waals surface area (Å²) in [6.45, 7) is 2.82. The Balaban J connectivity index is 0.000000409. The summed E-state index contributed by atoms with van der Waals surface area (Å²) in [5, 5.41) is 18.8. The van der Waals surface area contributed by atoms with Gasteiger partial charge in [0, 0.05) is 30.1 Å². The van der Waals surface area contributed by atoms with Crippen LogP contribution in [0.4, 0.5) is 4.39 Å². The average molecular weight is 387 g/mol. The molecule has 1 heterocycles. The minimum Gasteiger partial charge on any atom is -0.473 e. The third-order valence-electron chi connectivity index (χ3n) is 3.76. The second-order valence-corrected chi connectivity index (χ2v) is 5.90. The van der Waals surface area contributed by atoms with E-state index in [-0.39, 0.29) is 11.4 Å². The van der Waals surface area contributed by atoms with Crippen molar-refractivity contribution in [1.29, 1.82) is 0 Å². The quantitative estimate of drug-likeness (QED) is 0.465. The Kier molecular flexibility index (Phi) is 7.00. The van der Waals surface area contributed by atoms with Crippen molar-refractivity contribution in [1.82, 2.24) is 5.32 Å². The van der Waals surface area contributed by atoms with Crippen LogP contribution in [0.15, 0.2) is 57.7 Å². The van der Waals surface area contributed by atoms with E-state index in [1.165, 1.54) is 12.1 Å². The molecule has 3 rings (SSSR count). The fourth-order valence-corrected chi connectivity index (χ4v) is 2.46. The molecule has 0 saturated heterocycles. The number of benzene rings is 2. The van der Waals surface area contributed by atoms with Gasteiger partial charge in [0.25, 0.3) is 0 Å². The lowest BCUT2D eigenvalue weighted by atomic mass is 10.1. The number of rotatable bonds is 4. The second-order valence-electron chi connectivity index (χ2n) is 5.90. The van der Waals surface area contributed by atoms with Gasteiger partial charge in [-0.1, -0.05) is 30.3 Å². The Morgan fingerprint density at radius 2 is 1.64 bits per heavy atom. The first-order valence-corrected chi connectivity index (χ1v) is 8.21. The van der Waals surface area contributed by atoms with Crippen molar-refractivity contribution in [2.24, 2.45) is 0 Å². The number of hydrogen-bond acceptors (Lipinski definition) is 5. The smallest absolute Gasteiger partial charge is 0.414 e. The van der Waals surface area contributed by atoms with Gasteiger partial charge >= 0.3 is 17.6 Å². The van der Waals surface area contributed by atoms with Crippen molar-refractivity contribution in [3.8, 4) is 0 Å². The molecule has 146 valence electrons. The van der Waals surface area contributed by atoms with Crippen LogP contribution >= 0.6 is 0 Å². The summed E-state index contributed by atoms with van der Waals surface area (Å²) in [6.07, 6.45) is 0. The molecule has 0 bridgehead atoms. The van der Waals surface area contributed by atoms with Gasteiger partial charge in [0.15, 0.2) is 0 Å². The van der Waals surface area contributed by atoms with Crippen LogP contribution in [0.1, 0.15) is 16.7 Å². The summed E-state index contributed by atoms with van der Waals surface area (Å²) in [6, 6.07) is 13.9. The number of hydrogen-bond donors (Lipinski definition) is 3. The summed E-state index contributed by atoms with van der Waals surface area (Å²) in [5.41, 5.74) is 2.69.